The SMILES string of the molecule is CCc1ccc(-c2ccc(C(=O)NC3CCNC3)o2)cc1. The van der Waals surface area contributed by atoms with Crippen LogP contribution in [0.25, 0.3) is 11.3 Å². The third-order valence-corrected chi connectivity index (χ3v) is 3.87. The van der Waals surface area contributed by atoms with Gasteiger partial charge in [-0.2, -0.15) is 0 Å². The van der Waals surface area contributed by atoms with Crippen LogP contribution in [0, 0.1) is 0 Å². The number of carbonyl (C=O) groups is 1. The highest BCUT2D eigenvalue weighted by Gasteiger charge is 2.19. The molecule has 1 saturated heterocycles. The Morgan fingerprint density at radius 1 is 1.29 bits per heavy atom. The Kier molecular flexibility index (Phi) is 4.06. The van der Waals surface area contributed by atoms with Crippen molar-refractivity contribution in [3.05, 3.63) is 47.7 Å². The summed E-state index contributed by atoms with van der Waals surface area (Å²) in [6.45, 7) is 3.91. The van der Waals surface area contributed by atoms with Crippen molar-refractivity contribution < 1.29 is 9.21 Å². The summed E-state index contributed by atoms with van der Waals surface area (Å²) < 4.78 is 5.68. The maximum atomic E-state index is 12.1. The van der Waals surface area contributed by atoms with Crippen LogP contribution in [-0.4, -0.2) is 25.0 Å². The summed E-state index contributed by atoms with van der Waals surface area (Å²) in [4.78, 5) is 12.1. The van der Waals surface area contributed by atoms with E-state index in [9.17, 15) is 4.79 Å². The van der Waals surface area contributed by atoms with E-state index in [4.69, 9.17) is 4.42 Å². The molecule has 0 saturated carbocycles. The molecule has 1 aliphatic heterocycles. The van der Waals surface area contributed by atoms with Crippen molar-refractivity contribution in [3.63, 3.8) is 0 Å². The van der Waals surface area contributed by atoms with E-state index in [2.05, 4.69) is 29.7 Å². The molecule has 1 aromatic carbocycles. The van der Waals surface area contributed by atoms with Crippen LogP contribution in [0.15, 0.2) is 40.8 Å². The lowest BCUT2D eigenvalue weighted by Gasteiger charge is -2.09. The maximum Gasteiger partial charge on any atom is 0.287 e. The lowest BCUT2D eigenvalue weighted by atomic mass is 10.1. The van der Waals surface area contributed by atoms with Gasteiger partial charge in [0.1, 0.15) is 5.76 Å². The van der Waals surface area contributed by atoms with Crippen LogP contribution in [0.1, 0.15) is 29.5 Å². The molecule has 110 valence electrons. The highest BCUT2D eigenvalue weighted by atomic mass is 16.3. The zero-order valence-electron chi connectivity index (χ0n) is 12.2. The van der Waals surface area contributed by atoms with Crippen molar-refractivity contribution in [2.45, 2.75) is 25.8 Å². The van der Waals surface area contributed by atoms with E-state index in [0.29, 0.717) is 5.76 Å². The summed E-state index contributed by atoms with van der Waals surface area (Å²) in [5.74, 6) is 0.962. The second-order valence-electron chi connectivity index (χ2n) is 5.38. The van der Waals surface area contributed by atoms with Crippen LogP contribution in [0.4, 0.5) is 0 Å². The second kappa shape index (κ2) is 6.14. The Morgan fingerprint density at radius 2 is 2.10 bits per heavy atom. The number of nitrogens with one attached hydrogen (secondary N) is 2. The molecule has 0 bridgehead atoms. The molecule has 2 heterocycles. The molecule has 1 amide bonds. The summed E-state index contributed by atoms with van der Waals surface area (Å²) in [5, 5.41) is 6.21. The molecule has 1 aliphatic rings. The first-order chi connectivity index (χ1) is 10.3. The van der Waals surface area contributed by atoms with Crippen LogP contribution in [0.2, 0.25) is 0 Å². The zero-order valence-corrected chi connectivity index (χ0v) is 12.2. The third kappa shape index (κ3) is 3.16. The fraction of sp³-hybridized carbons (Fsp3) is 0.353. The van der Waals surface area contributed by atoms with Gasteiger partial charge >= 0.3 is 0 Å². The van der Waals surface area contributed by atoms with Gasteiger partial charge in [0, 0.05) is 18.2 Å². The Hall–Kier alpha value is -2.07. The summed E-state index contributed by atoms with van der Waals surface area (Å²) in [6.07, 6.45) is 1.99. The molecule has 1 aromatic heterocycles. The summed E-state index contributed by atoms with van der Waals surface area (Å²) in [5.41, 5.74) is 2.28. The van der Waals surface area contributed by atoms with E-state index in [1.807, 2.05) is 18.2 Å². The van der Waals surface area contributed by atoms with Gasteiger partial charge in [-0.15, -0.1) is 0 Å². The van der Waals surface area contributed by atoms with Crippen molar-refractivity contribution in [1.29, 1.82) is 0 Å². The highest BCUT2D eigenvalue weighted by molar-refractivity contribution is 5.92. The quantitative estimate of drug-likeness (QED) is 0.907. The minimum Gasteiger partial charge on any atom is -0.451 e. The van der Waals surface area contributed by atoms with Crippen molar-refractivity contribution in [2.24, 2.45) is 0 Å². The number of aryl methyl sites for hydroxylation is 1. The second-order valence-corrected chi connectivity index (χ2v) is 5.38. The number of rotatable bonds is 4. The summed E-state index contributed by atoms with van der Waals surface area (Å²) in [7, 11) is 0. The zero-order chi connectivity index (χ0) is 14.7. The maximum absolute atomic E-state index is 12.1. The van der Waals surface area contributed by atoms with Gasteiger partial charge in [0.15, 0.2) is 5.76 Å². The predicted molar refractivity (Wildman–Crippen MR) is 82.3 cm³/mol. The predicted octanol–water partition coefficient (Wildman–Crippen LogP) is 2.60. The largest absolute Gasteiger partial charge is 0.451 e. The molecule has 2 N–H and O–H groups in total. The van der Waals surface area contributed by atoms with E-state index in [-0.39, 0.29) is 11.9 Å². The van der Waals surface area contributed by atoms with Gasteiger partial charge in [-0.3, -0.25) is 4.79 Å². The van der Waals surface area contributed by atoms with Crippen LogP contribution < -0.4 is 10.6 Å². The topological polar surface area (TPSA) is 54.3 Å². The van der Waals surface area contributed by atoms with Gasteiger partial charge in [-0.05, 0) is 37.1 Å². The van der Waals surface area contributed by atoms with Gasteiger partial charge < -0.3 is 15.1 Å². The van der Waals surface area contributed by atoms with E-state index >= 15 is 0 Å². The molecule has 1 unspecified atom stereocenters. The standard InChI is InChI=1S/C17H20N2O2/c1-2-12-3-5-13(6-4-12)15-7-8-16(21-15)17(20)19-14-9-10-18-11-14/h3-8,14,18H,2,9-11H2,1H3,(H,19,20). The van der Waals surface area contributed by atoms with Gasteiger partial charge in [-0.1, -0.05) is 31.2 Å². The molecular weight excluding hydrogens is 264 g/mol. The molecule has 0 radical (unpaired) electrons. The van der Waals surface area contributed by atoms with Gasteiger partial charge in [0.2, 0.25) is 0 Å². The van der Waals surface area contributed by atoms with Crippen LogP contribution in [0.5, 0.6) is 0 Å². The normalized spacial score (nSPS) is 17.9. The fourth-order valence-corrected chi connectivity index (χ4v) is 2.55. The Morgan fingerprint density at radius 3 is 2.76 bits per heavy atom. The first kappa shape index (κ1) is 13.9. The van der Waals surface area contributed by atoms with Crippen molar-refractivity contribution in [3.8, 4) is 11.3 Å². The van der Waals surface area contributed by atoms with Crippen LogP contribution >= 0.6 is 0 Å². The van der Waals surface area contributed by atoms with Crippen LogP contribution in [-0.2, 0) is 6.42 Å². The van der Waals surface area contributed by atoms with E-state index < -0.39 is 0 Å². The first-order valence-corrected chi connectivity index (χ1v) is 7.47. The molecule has 0 spiro atoms. The number of carbonyl (C=O) groups excluding carboxylic acids is 1. The minimum atomic E-state index is -0.139. The molecule has 1 atom stereocenters. The Bertz CT molecular complexity index is 610. The van der Waals surface area contributed by atoms with Gasteiger partial charge in [-0.25, -0.2) is 0 Å². The van der Waals surface area contributed by atoms with Crippen molar-refractivity contribution >= 4 is 5.91 Å². The summed E-state index contributed by atoms with van der Waals surface area (Å²) >= 11 is 0. The fourth-order valence-electron chi connectivity index (χ4n) is 2.55. The molecule has 1 fully saturated rings. The van der Waals surface area contributed by atoms with Gasteiger partial charge in [0.25, 0.3) is 5.91 Å². The van der Waals surface area contributed by atoms with Gasteiger partial charge in [0.05, 0.1) is 0 Å². The molecule has 4 nitrogen and oxygen atoms in total. The highest BCUT2D eigenvalue weighted by Crippen LogP contribution is 2.23. The van der Waals surface area contributed by atoms with Crippen LogP contribution in [0.3, 0.4) is 0 Å². The van der Waals surface area contributed by atoms with E-state index in [1.54, 1.807) is 6.07 Å². The number of hydrogen-bond acceptors (Lipinski definition) is 3. The van der Waals surface area contributed by atoms with E-state index in [1.165, 1.54) is 5.56 Å². The van der Waals surface area contributed by atoms with Crippen molar-refractivity contribution in [1.82, 2.24) is 10.6 Å². The average Bonchev–Trinajstić information content (AvgIpc) is 3.18. The van der Waals surface area contributed by atoms with E-state index in [0.717, 1.165) is 37.3 Å². The summed E-state index contributed by atoms with van der Waals surface area (Å²) in [6, 6.07) is 12.0. The molecular formula is C17H20N2O2. The minimum absolute atomic E-state index is 0.139. The monoisotopic (exact) mass is 284 g/mol. The first-order valence-electron chi connectivity index (χ1n) is 7.47. The number of furan rings is 1. The molecule has 4 heteroatoms. The van der Waals surface area contributed by atoms with Crippen molar-refractivity contribution in [2.75, 3.05) is 13.1 Å². The molecule has 0 aliphatic carbocycles. The number of hydrogen-bond donors (Lipinski definition) is 2. The number of amides is 1. The average molecular weight is 284 g/mol. The number of benzene rings is 1. The lowest BCUT2D eigenvalue weighted by Crippen LogP contribution is -2.35. The molecule has 2 aromatic rings. The Balaban J connectivity index is 1.71. The smallest absolute Gasteiger partial charge is 0.287 e. The molecule has 3 rings (SSSR count). The third-order valence-electron chi connectivity index (χ3n) is 3.87. The lowest BCUT2D eigenvalue weighted by molar-refractivity contribution is 0.0913. The Labute approximate surface area is 124 Å². The molecule has 21 heavy (non-hydrogen) atoms.